The summed E-state index contributed by atoms with van der Waals surface area (Å²) in [6, 6.07) is 6.36. The fraction of sp³-hybridized carbons (Fsp3) is 0.375. The summed E-state index contributed by atoms with van der Waals surface area (Å²) in [5.41, 5.74) is 0.450. The van der Waals surface area contributed by atoms with E-state index < -0.39 is 36.0 Å². The van der Waals surface area contributed by atoms with Crippen molar-refractivity contribution >= 4 is 23.3 Å². The van der Waals surface area contributed by atoms with Gasteiger partial charge in [0.15, 0.2) is 30.6 Å². The van der Waals surface area contributed by atoms with Gasteiger partial charge >= 0.3 is 0 Å². The SMILES string of the molecule is C[C@@H](C(=O)NC[C@H]1CCCO1)N1C(=O)COc2ccc(C(=O)COc3ccc(F)cc3F)cc21. The largest absolute Gasteiger partial charge is 0.482 e. The Kier molecular flexibility index (Phi) is 7.06. The Morgan fingerprint density at radius 3 is 2.79 bits per heavy atom. The molecule has 1 fully saturated rings. The molecule has 34 heavy (non-hydrogen) atoms. The average molecular weight is 474 g/mol. The van der Waals surface area contributed by atoms with Crippen LogP contribution in [0.3, 0.4) is 0 Å². The van der Waals surface area contributed by atoms with Gasteiger partial charge in [-0.15, -0.1) is 0 Å². The molecule has 2 amide bonds. The van der Waals surface area contributed by atoms with Crippen LogP contribution in [-0.4, -0.2) is 56.1 Å². The summed E-state index contributed by atoms with van der Waals surface area (Å²) in [6.45, 7) is 1.86. The van der Waals surface area contributed by atoms with E-state index >= 15 is 0 Å². The maximum Gasteiger partial charge on any atom is 0.265 e. The van der Waals surface area contributed by atoms with Crippen molar-refractivity contribution in [2.24, 2.45) is 0 Å². The zero-order valence-corrected chi connectivity index (χ0v) is 18.5. The molecular formula is C24H24F2N2O6. The number of carbonyl (C=O) groups excluding carboxylic acids is 3. The van der Waals surface area contributed by atoms with Crippen molar-refractivity contribution in [1.29, 1.82) is 0 Å². The molecule has 0 aliphatic carbocycles. The van der Waals surface area contributed by atoms with Gasteiger partial charge in [0, 0.05) is 24.8 Å². The molecule has 2 aromatic rings. The van der Waals surface area contributed by atoms with E-state index in [1.165, 1.54) is 23.1 Å². The van der Waals surface area contributed by atoms with Gasteiger partial charge in [0.1, 0.15) is 17.6 Å². The number of ketones is 1. The van der Waals surface area contributed by atoms with Crippen LogP contribution >= 0.6 is 0 Å². The molecule has 2 aromatic carbocycles. The number of fused-ring (bicyclic) bond motifs is 1. The third kappa shape index (κ3) is 5.17. The zero-order valence-electron chi connectivity index (χ0n) is 18.5. The van der Waals surface area contributed by atoms with Gasteiger partial charge in [-0.3, -0.25) is 19.3 Å². The van der Waals surface area contributed by atoms with Crippen LogP contribution in [0.25, 0.3) is 0 Å². The summed E-state index contributed by atoms with van der Waals surface area (Å²) in [7, 11) is 0. The maximum atomic E-state index is 13.8. The van der Waals surface area contributed by atoms with E-state index in [-0.39, 0.29) is 35.6 Å². The van der Waals surface area contributed by atoms with Gasteiger partial charge in [0.2, 0.25) is 5.91 Å². The third-order valence-corrected chi connectivity index (χ3v) is 5.71. The normalized spacial score (nSPS) is 18.1. The van der Waals surface area contributed by atoms with E-state index in [0.29, 0.717) is 25.0 Å². The van der Waals surface area contributed by atoms with Gasteiger partial charge in [-0.05, 0) is 50.1 Å². The lowest BCUT2D eigenvalue weighted by molar-refractivity contribution is -0.127. The van der Waals surface area contributed by atoms with Crippen molar-refractivity contribution in [2.75, 3.05) is 31.3 Å². The monoisotopic (exact) mass is 474 g/mol. The Hall–Kier alpha value is -3.53. The van der Waals surface area contributed by atoms with Crippen molar-refractivity contribution in [2.45, 2.75) is 31.9 Å². The molecule has 1 saturated heterocycles. The van der Waals surface area contributed by atoms with Crippen LogP contribution in [-0.2, 0) is 14.3 Å². The highest BCUT2D eigenvalue weighted by atomic mass is 19.1. The van der Waals surface area contributed by atoms with Crippen molar-refractivity contribution in [3.05, 3.63) is 53.6 Å². The van der Waals surface area contributed by atoms with Crippen LogP contribution < -0.4 is 19.7 Å². The first-order valence-corrected chi connectivity index (χ1v) is 10.9. The number of halogens is 2. The summed E-state index contributed by atoms with van der Waals surface area (Å²) < 4.78 is 43.0. The molecule has 0 bridgehead atoms. The summed E-state index contributed by atoms with van der Waals surface area (Å²) >= 11 is 0. The van der Waals surface area contributed by atoms with E-state index in [2.05, 4.69) is 5.32 Å². The molecule has 0 saturated carbocycles. The second-order valence-electron chi connectivity index (χ2n) is 8.08. The molecule has 2 heterocycles. The second-order valence-corrected chi connectivity index (χ2v) is 8.08. The number of Topliss-reactive ketones (excluding diaryl/α,β-unsaturated/α-hetero) is 1. The summed E-state index contributed by atoms with van der Waals surface area (Å²) in [5, 5.41) is 2.81. The number of nitrogens with zero attached hydrogens (tertiary/aromatic N) is 1. The number of nitrogens with one attached hydrogen (secondary N) is 1. The number of hydrogen-bond acceptors (Lipinski definition) is 6. The molecule has 8 nitrogen and oxygen atoms in total. The predicted octanol–water partition coefficient (Wildman–Crippen LogP) is 2.64. The number of carbonyl (C=O) groups is 3. The van der Waals surface area contributed by atoms with Crippen molar-refractivity contribution in [3.8, 4) is 11.5 Å². The van der Waals surface area contributed by atoms with Crippen LogP contribution in [0.4, 0.5) is 14.5 Å². The molecular weight excluding hydrogens is 450 g/mol. The number of ether oxygens (including phenoxy) is 3. The molecule has 2 atom stereocenters. The maximum absolute atomic E-state index is 13.8. The summed E-state index contributed by atoms with van der Waals surface area (Å²) in [5.74, 6) is -2.88. The van der Waals surface area contributed by atoms with Gasteiger partial charge in [0.05, 0.1) is 11.8 Å². The van der Waals surface area contributed by atoms with E-state index in [1.54, 1.807) is 6.92 Å². The molecule has 10 heteroatoms. The quantitative estimate of drug-likeness (QED) is 0.592. The first-order valence-electron chi connectivity index (χ1n) is 10.9. The fourth-order valence-electron chi connectivity index (χ4n) is 3.87. The van der Waals surface area contributed by atoms with Crippen LogP contribution in [0.2, 0.25) is 0 Å². The van der Waals surface area contributed by atoms with Crippen molar-refractivity contribution in [3.63, 3.8) is 0 Å². The highest BCUT2D eigenvalue weighted by molar-refractivity contribution is 6.05. The Bertz CT molecular complexity index is 1100. The minimum Gasteiger partial charge on any atom is -0.482 e. The average Bonchev–Trinajstić information content (AvgIpc) is 3.34. The standard InChI is InChI=1S/C24H24F2N2O6/c1-14(24(31)27-11-17-3-2-8-32-17)28-19-9-15(4-6-22(19)34-13-23(28)30)20(29)12-33-21-7-5-16(25)10-18(21)26/h4-7,9-10,14,17H,2-3,8,11-13H2,1H3,(H,27,31)/t14-,17+/m0/s1. The lowest BCUT2D eigenvalue weighted by Gasteiger charge is -2.33. The number of anilines is 1. The number of benzene rings is 2. The molecule has 2 aliphatic rings. The first kappa shape index (κ1) is 23.6. The van der Waals surface area contributed by atoms with E-state index in [1.807, 2.05) is 0 Å². The third-order valence-electron chi connectivity index (χ3n) is 5.71. The molecule has 2 aliphatic heterocycles. The van der Waals surface area contributed by atoms with Crippen molar-refractivity contribution in [1.82, 2.24) is 5.32 Å². The van der Waals surface area contributed by atoms with Gasteiger partial charge in [-0.25, -0.2) is 8.78 Å². The van der Waals surface area contributed by atoms with Gasteiger partial charge in [-0.2, -0.15) is 0 Å². The number of amides is 2. The zero-order chi connectivity index (χ0) is 24.2. The molecule has 0 radical (unpaired) electrons. The summed E-state index contributed by atoms with van der Waals surface area (Å²) in [6.07, 6.45) is 1.77. The van der Waals surface area contributed by atoms with Gasteiger partial charge in [-0.1, -0.05) is 0 Å². The van der Waals surface area contributed by atoms with E-state index in [0.717, 1.165) is 25.0 Å². The van der Waals surface area contributed by atoms with Gasteiger partial charge in [0.25, 0.3) is 5.91 Å². The molecule has 180 valence electrons. The summed E-state index contributed by atoms with van der Waals surface area (Å²) in [4.78, 5) is 39.3. The lowest BCUT2D eigenvalue weighted by atomic mass is 10.1. The van der Waals surface area contributed by atoms with E-state index in [9.17, 15) is 23.2 Å². The second kappa shape index (κ2) is 10.2. The molecule has 0 aromatic heterocycles. The minimum absolute atomic E-state index is 0.0426. The van der Waals surface area contributed by atoms with Crippen LogP contribution in [0.15, 0.2) is 36.4 Å². The van der Waals surface area contributed by atoms with Crippen LogP contribution in [0.1, 0.15) is 30.1 Å². The molecule has 0 spiro atoms. The highest BCUT2D eigenvalue weighted by Gasteiger charge is 2.34. The Labute approximate surface area is 194 Å². The lowest BCUT2D eigenvalue weighted by Crippen LogP contribution is -2.52. The van der Waals surface area contributed by atoms with Crippen LogP contribution in [0, 0.1) is 11.6 Å². The first-order chi connectivity index (χ1) is 16.3. The fourth-order valence-corrected chi connectivity index (χ4v) is 3.87. The number of hydrogen-bond donors (Lipinski definition) is 1. The van der Waals surface area contributed by atoms with Gasteiger partial charge < -0.3 is 19.5 Å². The highest BCUT2D eigenvalue weighted by Crippen LogP contribution is 2.34. The van der Waals surface area contributed by atoms with Crippen molar-refractivity contribution < 1.29 is 37.4 Å². The Balaban J connectivity index is 1.47. The molecule has 1 N–H and O–H groups in total. The number of rotatable bonds is 8. The Morgan fingerprint density at radius 1 is 1.24 bits per heavy atom. The molecule has 4 rings (SSSR count). The molecule has 0 unspecified atom stereocenters. The minimum atomic E-state index is -0.925. The van der Waals surface area contributed by atoms with E-state index in [4.69, 9.17) is 14.2 Å². The Morgan fingerprint density at radius 2 is 2.06 bits per heavy atom. The smallest absolute Gasteiger partial charge is 0.265 e. The topological polar surface area (TPSA) is 94.2 Å². The van der Waals surface area contributed by atoms with Crippen LogP contribution in [0.5, 0.6) is 11.5 Å². The predicted molar refractivity (Wildman–Crippen MR) is 117 cm³/mol.